The van der Waals surface area contributed by atoms with Crippen LogP contribution in [0.5, 0.6) is 0 Å². The summed E-state index contributed by atoms with van der Waals surface area (Å²) in [5.41, 5.74) is 3.10. The number of fused-ring (bicyclic) bond motifs is 1. The van der Waals surface area contributed by atoms with E-state index < -0.39 is 6.10 Å². The number of nitrogens with one attached hydrogen (secondary N) is 1. The molecule has 0 bridgehead atoms. The molecule has 3 heterocycles. The van der Waals surface area contributed by atoms with E-state index in [1.165, 1.54) is 0 Å². The van der Waals surface area contributed by atoms with Crippen LogP contribution in [0.15, 0.2) is 48.7 Å². The average molecular weight is 371 g/mol. The minimum Gasteiger partial charge on any atom is -0.386 e. The second-order valence-electron chi connectivity index (χ2n) is 6.45. The predicted octanol–water partition coefficient (Wildman–Crippen LogP) is 2.80. The zero-order chi connectivity index (χ0) is 18.1. The summed E-state index contributed by atoms with van der Waals surface area (Å²) in [4.78, 5) is 17.2. The van der Waals surface area contributed by atoms with Gasteiger partial charge < -0.3 is 15.0 Å². The summed E-state index contributed by atoms with van der Waals surface area (Å²) >= 11 is 5.89. The van der Waals surface area contributed by atoms with Crippen molar-refractivity contribution >= 4 is 17.5 Å². The highest BCUT2D eigenvalue weighted by molar-refractivity contribution is 6.30. The van der Waals surface area contributed by atoms with E-state index in [0.717, 1.165) is 11.3 Å². The minimum atomic E-state index is -0.665. The van der Waals surface area contributed by atoms with Crippen molar-refractivity contribution in [3.05, 3.63) is 76.3 Å². The number of aromatic amines is 1. The number of benzene rings is 1. The molecule has 1 amide bonds. The molecule has 6 nitrogen and oxygen atoms in total. The number of nitrogens with zero attached hydrogens (tertiary/aromatic N) is 3. The zero-order valence-corrected chi connectivity index (χ0v) is 14.9. The Bertz CT molecular complexity index is 919. The number of aliphatic hydroxyl groups is 1. The van der Waals surface area contributed by atoms with Gasteiger partial charge in [-0.2, -0.15) is 5.10 Å². The van der Waals surface area contributed by atoms with Gasteiger partial charge in [0.25, 0.3) is 5.91 Å². The van der Waals surface area contributed by atoms with Crippen LogP contribution in [0.4, 0.5) is 0 Å². The van der Waals surface area contributed by atoms with Crippen LogP contribution < -0.4 is 0 Å². The van der Waals surface area contributed by atoms with Crippen LogP contribution in [0.2, 0.25) is 5.02 Å². The predicted molar refractivity (Wildman–Crippen MR) is 97.9 cm³/mol. The molecule has 0 spiro atoms. The van der Waals surface area contributed by atoms with Gasteiger partial charge in [-0.15, -0.1) is 0 Å². The first kappa shape index (κ1) is 16.9. The number of aliphatic hydroxyl groups excluding tert-OH is 1. The standard InChI is InChI=1S/C19H19ClN4O2/c20-14-9-17(21-11-14)19(26)23-6-7-24-15(12-23)10-16(22-24)18(25)8-13-4-2-1-3-5-13/h1-5,9-11,18,21,25H,6-8,12H2/t18-/m0/s1. The molecule has 0 saturated heterocycles. The number of halogens is 1. The fraction of sp³-hybridized carbons (Fsp3) is 0.263. The first-order valence-electron chi connectivity index (χ1n) is 8.52. The molecule has 134 valence electrons. The van der Waals surface area contributed by atoms with Crippen LogP contribution >= 0.6 is 11.6 Å². The summed E-state index contributed by atoms with van der Waals surface area (Å²) in [6.45, 7) is 1.63. The summed E-state index contributed by atoms with van der Waals surface area (Å²) in [5, 5.41) is 15.5. The Morgan fingerprint density at radius 2 is 2.08 bits per heavy atom. The third-order valence-electron chi connectivity index (χ3n) is 4.60. The number of H-pyrrole nitrogens is 1. The third kappa shape index (κ3) is 3.38. The number of amides is 1. The summed E-state index contributed by atoms with van der Waals surface area (Å²) in [7, 11) is 0. The normalized spacial score (nSPS) is 14.9. The van der Waals surface area contributed by atoms with Gasteiger partial charge in [-0.05, 0) is 17.7 Å². The van der Waals surface area contributed by atoms with Gasteiger partial charge >= 0.3 is 0 Å². The van der Waals surface area contributed by atoms with Gasteiger partial charge in [0.05, 0.1) is 29.5 Å². The van der Waals surface area contributed by atoms with Crippen LogP contribution in [0, 0.1) is 0 Å². The van der Waals surface area contributed by atoms with E-state index in [9.17, 15) is 9.90 Å². The van der Waals surface area contributed by atoms with Crippen LogP contribution in [0.25, 0.3) is 0 Å². The quantitative estimate of drug-likeness (QED) is 0.741. The van der Waals surface area contributed by atoms with Gasteiger partial charge in [0, 0.05) is 19.2 Å². The topological polar surface area (TPSA) is 74.2 Å². The zero-order valence-electron chi connectivity index (χ0n) is 14.1. The second kappa shape index (κ2) is 6.97. The van der Waals surface area contributed by atoms with Crippen molar-refractivity contribution in [2.24, 2.45) is 0 Å². The molecule has 0 radical (unpaired) electrons. The Labute approximate surface area is 156 Å². The molecule has 1 atom stereocenters. The van der Waals surface area contributed by atoms with Crippen molar-refractivity contribution in [2.75, 3.05) is 6.54 Å². The molecular formula is C19H19ClN4O2. The van der Waals surface area contributed by atoms with Gasteiger partial charge in [-0.1, -0.05) is 41.9 Å². The highest BCUT2D eigenvalue weighted by Crippen LogP contribution is 2.22. The first-order valence-corrected chi connectivity index (χ1v) is 8.90. The first-order chi connectivity index (χ1) is 12.6. The van der Waals surface area contributed by atoms with Crippen molar-refractivity contribution in [3.8, 4) is 0 Å². The number of hydrogen-bond donors (Lipinski definition) is 2. The summed E-state index contributed by atoms with van der Waals surface area (Å²) in [6, 6.07) is 13.4. The lowest BCUT2D eigenvalue weighted by molar-refractivity contribution is 0.0700. The molecule has 1 aliphatic heterocycles. The van der Waals surface area contributed by atoms with Gasteiger partial charge in [0.15, 0.2) is 0 Å². The molecule has 2 N–H and O–H groups in total. The summed E-state index contributed by atoms with van der Waals surface area (Å²) in [5.74, 6) is -0.0873. The molecular weight excluding hydrogens is 352 g/mol. The third-order valence-corrected chi connectivity index (χ3v) is 4.81. The van der Waals surface area contributed by atoms with Crippen LogP contribution in [-0.4, -0.2) is 37.2 Å². The van der Waals surface area contributed by atoms with Crippen LogP contribution in [0.3, 0.4) is 0 Å². The molecule has 2 aromatic heterocycles. The minimum absolute atomic E-state index is 0.0873. The van der Waals surface area contributed by atoms with Crippen molar-refractivity contribution in [1.82, 2.24) is 19.7 Å². The van der Waals surface area contributed by atoms with Gasteiger partial charge in [-0.3, -0.25) is 9.48 Å². The van der Waals surface area contributed by atoms with E-state index in [2.05, 4.69) is 10.1 Å². The molecule has 26 heavy (non-hydrogen) atoms. The fourth-order valence-corrected chi connectivity index (χ4v) is 3.39. The Balaban J connectivity index is 1.47. The summed E-state index contributed by atoms with van der Waals surface area (Å²) in [6.07, 6.45) is 1.45. The molecule has 0 saturated carbocycles. The number of aromatic nitrogens is 3. The Morgan fingerprint density at radius 3 is 2.81 bits per heavy atom. The smallest absolute Gasteiger partial charge is 0.270 e. The molecule has 0 aliphatic carbocycles. The van der Waals surface area contributed by atoms with Crippen molar-refractivity contribution in [2.45, 2.75) is 25.6 Å². The highest BCUT2D eigenvalue weighted by Gasteiger charge is 2.25. The monoisotopic (exact) mass is 370 g/mol. The number of carbonyl (C=O) groups excluding carboxylic acids is 1. The van der Waals surface area contributed by atoms with Gasteiger partial charge in [-0.25, -0.2) is 0 Å². The SMILES string of the molecule is O=C(c1cc(Cl)c[nH]1)N1CCn2nc([C@@H](O)Cc3ccccc3)cc2C1. The van der Waals surface area contributed by atoms with Crippen molar-refractivity contribution in [3.63, 3.8) is 0 Å². The van der Waals surface area contributed by atoms with Crippen molar-refractivity contribution in [1.29, 1.82) is 0 Å². The number of hydrogen-bond acceptors (Lipinski definition) is 3. The molecule has 0 unspecified atom stereocenters. The van der Waals surface area contributed by atoms with E-state index >= 15 is 0 Å². The Kier molecular flexibility index (Phi) is 4.53. The lowest BCUT2D eigenvalue weighted by Gasteiger charge is -2.27. The average Bonchev–Trinajstić information content (AvgIpc) is 3.27. The van der Waals surface area contributed by atoms with E-state index in [1.54, 1.807) is 17.2 Å². The molecule has 3 aromatic rings. The maximum absolute atomic E-state index is 12.6. The Morgan fingerprint density at radius 1 is 1.27 bits per heavy atom. The Hall–Kier alpha value is -2.57. The van der Waals surface area contributed by atoms with Gasteiger partial charge in [0.2, 0.25) is 0 Å². The molecule has 4 rings (SSSR count). The van der Waals surface area contributed by atoms with E-state index in [4.69, 9.17) is 11.6 Å². The molecule has 0 fully saturated rings. The molecule has 7 heteroatoms. The maximum atomic E-state index is 12.6. The number of rotatable bonds is 4. The number of carbonyl (C=O) groups is 1. The maximum Gasteiger partial charge on any atom is 0.270 e. The highest BCUT2D eigenvalue weighted by atomic mass is 35.5. The second-order valence-corrected chi connectivity index (χ2v) is 6.88. The largest absolute Gasteiger partial charge is 0.386 e. The molecule has 1 aromatic carbocycles. The van der Waals surface area contributed by atoms with E-state index in [1.807, 2.05) is 41.1 Å². The van der Waals surface area contributed by atoms with Crippen LogP contribution in [-0.2, 0) is 19.5 Å². The fourth-order valence-electron chi connectivity index (χ4n) is 3.23. The van der Waals surface area contributed by atoms with Gasteiger partial charge in [0.1, 0.15) is 11.8 Å². The summed E-state index contributed by atoms with van der Waals surface area (Å²) < 4.78 is 1.87. The lowest BCUT2D eigenvalue weighted by atomic mass is 10.1. The van der Waals surface area contributed by atoms with E-state index in [-0.39, 0.29) is 5.91 Å². The van der Waals surface area contributed by atoms with E-state index in [0.29, 0.717) is 42.5 Å². The van der Waals surface area contributed by atoms with Crippen LogP contribution in [0.1, 0.15) is 33.5 Å². The molecule has 1 aliphatic rings. The van der Waals surface area contributed by atoms with Crippen molar-refractivity contribution < 1.29 is 9.90 Å². The lowest BCUT2D eigenvalue weighted by Crippen LogP contribution is -2.38.